The van der Waals surface area contributed by atoms with E-state index in [9.17, 15) is 9.59 Å². The van der Waals surface area contributed by atoms with Gasteiger partial charge >= 0.3 is 6.09 Å². The summed E-state index contributed by atoms with van der Waals surface area (Å²) in [7, 11) is 1.54. The predicted molar refractivity (Wildman–Crippen MR) is 88.2 cm³/mol. The lowest BCUT2D eigenvalue weighted by atomic mass is 10.0. The van der Waals surface area contributed by atoms with Gasteiger partial charge in [-0.3, -0.25) is 9.69 Å². The lowest BCUT2D eigenvalue weighted by Gasteiger charge is -2.27. The molecule has 7 nitrogen and oxygen atoms in total. The van der Waals surface area contributed by atoms with Crippen LogP contribution in [0.1, 0.15) is 40.5 Å². The van der Waals surface area contributed by atoms with Crippen LogP contribution in [0.25, 0.3) is 0 Å². The summed E-state index contributed by atoms with van der Waals surface area (Å²) in [5.74, 6) is -0.0127. The standard InChI is InChI=1S/C16H32N2O5/c1-6-13(7-9-19)11-17-14(20)12-18(8-10-22-5)15(21)23-16(2,3)4/h13,19H,6-12H2,1-5H3,(H,17,20)/t13-/m0/s1. The Morgan fingerprint density at radius 3 is 2.43 bits per heavy atom. The number of hydrogen-bond acceptors (Lipinski definition) is 5. The number of ether oxygens (including phenoxy) is 2. The highest BCUT2D eigenvalue weighted by Crippen LogP contribution is 2.10. The highest BCUT2D eigenvalue weighted by Gasteiger charge is 2.23. The maximum absolute atomic E-state index is 12.1. The molecule has 0 aromatic rings. The molecule has 2 amide bonds. The van der Waals surface area contributed by atoms with E-state index in [0.717, 1.165) is 6.42 Å². The van der Waals surface area contributed by atoms with Gasteiger partial charge in [0, 0.05) is 26.8 Å². The molecule has 7 heteroatoms. The normalized spacial score (nSPS) is 12.6. The van der Waals surface area contributed by atoms with Crippen molar-refractivity contribution in [2.24, 2.45) is 5.92 Å². The first kappa shape index (κ1) is 21.7. The summed E-state index contributed by atoms with van der Waals surface area (Å²) < 4.78 is 10.3. The second-order valence-corrected chi connectivity index (χ2v) is 6.49. The van der Waals surface area contributed by atoms with Crippen molar-refractivity contribution in [3.63, 3.8) is 0 Å². The van der Waals surface area contributed by atoms with Crippen molar-refractivity contribution in [3.05, 3.63) is 0 Å². The van der Waals surface area contributed by atoms with Crippen molar-refractivity contribution >= 4 is 12.0 Å². The summed E-state index contributed by atoms with van der Waals surface area (Å²) in [4.78, 5) is 25.5. The largest absolute Gasteiger partial charge is 0.444 e. The molecule has 0 aromatic carbocycles. The van der Waals surface area contributed by atoms with Crippen LogP contribution >= 0.6 is 0 Å². The lowest BCUT2D eigenvalue weighted by molar-refractivity contribution is -0.122. The minimum atomic E-state index is -0.618. The third kappa shape index (κ3) is 10.9. The quantitative estimate of drug-likeness (QED) is 0.631. The number of carbonyl (C=O) groups excluding carboxylic acids is 2. The second kappa shape index (κ2) is 11.2. The summed E-state index contributed by atoms with van der Waals surface area (Å²) >= 11 is 0. The fourth-order valence-electron chi connectivity index (χ4n) is 1.88. The van der Waals surface area contributed by atoms with Gasteiger partial charge in [-0.15, -0.1) is 0 Å². The van der Waals surface area contributed by atoms with Gasteiger partial charge in [0.15, 0.2) is 0 Å². The van der Waals surface area contributed by atoms with Crippen molar-refractivity contribution in [1.82, 2.24) is 10.2 Å². The SMILES string of the molecule is CC[C@@H](CCO)CNC(=O)CN(CCOC)C(=O)OC(C)(C)C. The van der Waals surface area contributed by atoms with Crippen molar-refractivity contribution in [3.8, 4) is 0 Å². The highest BCUT2D eigenvalue weighted by molar-refractivity contribution is 5.82. The topological polar surface area (TPSA) is 88.1 Å². The lowest BCUT2D eigenvalue weighted by Crippen LogP contribution is -2.45. The summed E-state index contributed by atoms with van der Waals surface area (Å²) in [5, 5.41) is 11.8. The average molecular weight is 332 g/mol. The molecule has 0 aliphatic carbocycles. The van der Waals surface area contributed by atoms with Gasteiger partial charge in [-0.1, -0.05) is 13.3 Å². The maximum Gasteiger partial charge on any atom is 0.410 e. The van der Waals surface area contributed by atoms with Gasteiger partial charge in [0.25, 0.3) is 0 Å². The number of nitrogens with zero attached hydrogens (tertiary/aromatic N) is 1. The van der Waals surface area contributed by atoms with E-state index in [4.69, 9.17) is 14.6 Å². The van der Waals surface area contributed by atoms with Crippen LogP contribution in [0.4, 0.5) is 4.79 Å². The molecule has 0 saturated heterocycles. The Labute approximate surface area is 139 Å². The van der Waals surface area contributed by atoms with E-state index in [2.05, 4.69) is 5.32 Å². The Bertz CT molecular complexity index is 355. The molecule has 136 valence electrons. The summed E-state index contributed by atoms with van der Waals surface area (Å²) in [6.07, 6.45) is 0.989. The van der Waals surface area contributed by atoms with Crippen LogP contribution in [0.5, 0.6) is 0 Å². The Hall–Kier alpha value is -1.34. The molecule has 0 bridgehead atoms. The Morgan fingerprint density at radius 2 is 1.96 bits per heavy atom. The maximum atomic E-state index is 12.1. The van der Waals surface area contributed by atoms with Crippen LogP contribution in [0.3, 0.4) is 0 Å². The minimum Gasteiger partial charge on any atom is -0.444 e. The van der Waals surface area contributed by atoms with Crippen LogP contribution in [0, 0.1) is 5.92 Å². The summed E-state index contributed by atoms with van der Waals surface area (Å²) in [5.41, 5.74) is -0.618. The molecule has 0 saturated carbocycles. The van der Waals surface area contributed by atoms with E-state index < -0.39 is 11.7 Å². The minimum absolute atomic E-state index is 0.0756. The van der Waals surface area contributed by atoms with Gasteiger partial charge in [0.05, 0.1) is 6.61 Å². The van der Waals surface area contributed by atoms with Crippen LogP contribution in [0.2, 0.25) is 0 Å². The van der Waals surface area contributed by atoms with E-state index in [1.54, 1.807) is 20.8 Å². The van der Waals surface area contributed by atoms with Crippen molar-refractivity contribution < 1.29 is 24.2 Å². The van der Waals surface area contributed by atoms with E-state index in [-0.39, 0.29) is 31.5 Å². The Kier molecular flexibility index (Phi) is 10.6. The van der Waals surface area contributed by atoms with Gasteiger partial charge < -0.3 is 19.9 Å². The molecular formula is C16H32N2O5. The van der Waals surface area contributed by atoms with E-state index >= 15 is 0 Å². The number of amides is 2. The molecule has 0 aliphatic rings. The second-order valence-electron chi connectivity index (χ2n) is 6.49. The smallest absolute Gasteiger partial charge is 0.410 e. The van der Waals surface area contributed by atoms with Crippen molar-refractivity contribution in [2.75, 3.05) is 40.0 Å². The molecular weight excluding hydrogens is 300 g/mol. The number of hydrogen-bond donors (Lipinski definition) is 2. The number of methoxy groups -OCH3 is 1. The van der Waals surface area contributed by atoms with Crippen molar-refractivity contribution in [2.45, 2.75) is 46.1 Å². The molecule has 0 rings (SSSR count). The van der Waals surface area contributed by atoms with E-state index in [1.807, 2.05) is 6.92 Å². The van der Waals surface area contributed by atoms with Gasteiger partial charge in [0.1, 0.15) is 12.1 Å². The van der Waals surface area contributed by atoms with Gasteiger partial charge in [-0.25, -0.2) is 4.79 Å². The number of aliphatic hydroxyl groups excluding tert-OH is 1. The monoisotopic (exact) mass is 332 g/mol. The molecule has 2 N–H and O–H groups in total. The van der Waals surface area contributed by atoms with E-state index in [0.29, 0.717) is 19.6 Å². The van der Waals surface area contributed by atoms with Gasteiger partial charge in [-0.2, -0.15) is 0 Å². The molecule has 0 radical (unpaired) electrons. The third-order valence-corrected chi connectivity index (χ3v) is 3.25. The molecule has 0 aliphatic heterocycles. The third-order valence-electron chi connectivity index (χ3n) is 3.25. The Balaban J connectivity index is 4.51. The van der Waals surface area contributed by atoms with E-state index in [1.165, 1.54) is 12.0 Å². The zero-order valence-corrected chi connectivity index (χ0v) is 15.1. The fraction of sp³-hybridized carbons (Fsp3) is 0.875. The zero-order valence-electron chi connectivity index (χ0n) is 15.1. The first-order valence-electron chi connectivity index (χ1n) is 8.07. The summed E-state index contributed by atoms with van der Waals surface area (Å²) in [6, 6.07) is 0. The molecule has 0 fully saturated rings. The molecule has 0 unspecified atom stereocenters. The molecule has 0 spiro atoms. The predicted octanol–water partition coefficient (Wildman–Crippen LogP) is 1.39. The molecule has 23 heavy (non-hydrogen) atoms. The average Bonchev–Trinajstić information content (AvgIpc) is 2.45. The molecule has 0 aromatic heterocycles. The number of nitrogens with one attached hydrogen (secondary N) is 1. The zero-order chi connectivity index (χ0) is 17.9. The van der Waals surface area contributed by atoms with Gasteiger partial charge in [0.2, 0.25) is 5.91 Å². The first-order valence-corrected chi connectivity index (χ1v) is 8.07. The fourth-order valence-corrected chi connectivity index (χ4v) is 1.88. The van der Waals surface area contributed by atoms with Crippen LogP contribution < -0.4 is 5.32 Å². The van der Waals surface area contributed by atoms with Crippen LogP contribution in [-0.4, -0.2) is 67.6 Å². The Morgan fingerprint density at radius 1 is 1.30 bits per heavy atom. The van der Waals surface area contributed by atoms with Crippen LogP contribution in [-0.2, 0) is 14.3 Å². The van der Waals surface area contributed by atoms with Gasteiger partial charge in [-0.05, 0) is 33.1 Å². The number of carbonyl (C=O) groups is 2. The van der Waals surface area contributed by atoms with Crippen LogP contribution in [0.15, 0.2) is 0 Å². The molecule has 1 atom stereocenters. The number of aliphatic hydroxyl groups is 1. The highest BCUT2D eigenvalue weighted by atomic mass is 16.6. The molecule has 0 heterocycles. The van der Waals surface area contributed by atoms with Crippen molar-refractivity contribution in [1.29, 1.82) is 0 Å². The number of rotatable bonds is 10. The summed E-state index contributed by atoms with van der Waals surface area (Å²) in [6.45, 7) is 8.47. The first-order chi connectivity index (χ1) is 10.7.